The number of carbonyl (C=O) groups is 2. The first-order chi connectivity index (χ1) is 8.29. The summed E-state index contributed by atoms with van der Waals surface area (Å²) in [7, 11) is 0. The molecule has 1 aromatic rings. The Balaban J connectivity index is 3.48. The Hall–Kier alpha value is -2.36. The van der Waals surface area contributed by atoms with Crippen LogP contribution in [0, 0.1) is 11.3 Å². The van der Waals surface area contributed by atoms with Crippen LogP contribution in [0.3, 0.4) is 0 Å². The highest BCUT2D eigenvalue weighted by atomic mass is 19.4. The van der Waals surface area contributed by atoms with Crippen molar-refractivity contribution < 1.29 is 27.9 Å². The molecule has 0 heterocycles. The van der Waals surface area contributed by atoms with Crippen molar-refractivity contribution in [3.05, 3.63) is 34.4 Å². The molecule has 1 rings (SSSR count). The largest absolute Gasteiger partial charge is 0.481 e. The van der Waals surface area contributed by atoms with E-state index in [9.17, 15) is 22.8 Å². The van der Waals surface area contributed by atoms with E-state index in [2.05, 4.69) is 0 Å². The van der Waals surface area contributed by atoms with Crippen molar-refractivity contribution >= 4 is 12.3 Å². The number of carboxylic acids is 1. The molecule has 0 saturated heterocycles. The number of hydrogen-bond donors (Lipinski definition) is 1. The second-order valence-corrected chi connectivity index (χ2v) is 3.39. The van der Waals surface area contributed by atoms with Gasteiger partial charge in [0.2, 0.25) is 0 Å². The first-order valence-corrected chi connectivity index (χ1v) is 4.60. The van der Waals surface area contributed by atoms with Crippen molar-refractivity contribution in [3.8, 4) is 6.07 Å². The first kappa shape index (κ1) is 13.7. The number of alkyl halides is 3. The van der Waals surface area contributed by atoms with E-state index in [0.29, 0.717) is 6.07 Å². The van der Waals surface area contributed by atoms with E-state index in [1.54, 1.807) is 0 Å². The number of carboxylic acid groups (broad SMARTS) is 1. The summed E-state index contributed by atoms with van der Waals surface area (Å²) in [4.78, 5) is 21.1. The third-order valence-corrected chi connectivity index (χ3v) is 2.17. The number of benzene rings is 1. The minimum absolute atomic E-state index is 0.0185. The normalized spacial score (nSPS) is 10.8. The average Bonchev–Trinajstić information content (AvgIpc) is 2.26. The number of nitrogens with zero attached hydrogens (tertiary/aromatic N) is 1. The van der Waals surface area contributed by atoms with Crippen LogP contribution in [0.25, 0.3) is 0 Å². The number of hydrogen-bond acceptors (Lipinski definition) is 3. The monoisotopic (exact) mass is 257 g/mol. The van der Waals surface area contributed by atoms with Gasteiger partial charge in [-0.05, 0) is 17.7 Å². The quantitative estimate of drug-likeness (QED) is 0.840. The molecule has 0 bridgehead atoms. The fraction of sp³-hybridized carbons (Fsp3) is 0.182. The predicted octanol–water partition coefficient (Wildman–Crippen LogP) is 2.02. The minimum atomic E-state index is -4.77. The second-order valence-electron chi connectivity index (χ2n) is 3.39. The Bertz CT molecular complexity index is 544. The maximum absolute atomic E-state index is 12.6. The maximum atomic E-state index is 12.6. The molecule has 1 N–H and O–H groups in total. The lowest BCUT2D eigenvalue weighted by atomic mass is 9.97. The van der Waals surface area contributed by atoms with Gasteiger partial charge in [-0.2, -0.15) is 18.4 Å². The van der Waals surface area contributed by atoms with Crippen LogP contribution in [-0.2, 0) is 17.4 Å². The van der Waals surface area contributed by atoms with Crippen LogP contribution >= 0.6 is 0 Å². The van der Waals surface area contributed by atoms with Crippen LogP contribution in [0.5, 0.6) is 0 Å². The molecule has 7 heteroatoms. The van der Waals surface area contributed by atoms with Gasteiger partial charge in [0, 0.05) is 5.56 Å². The van der Waals surface area contributed by atoms with Gasteiger partial charge >= 0.3 is 12.1 Å². The molecule has 0 saturated carbocycles. The molecular formula is C11H6F3NO3. The van der Waals surface area contributed by atoms with Crippen LogP contribution in [0.1, 0.15) is 27.0 Å². The molecular weight excluding hydrogens is 251 g/mol. The molecule has 0 atom stereocenters. The minimum Gasteiger partial charge on any atom is -0.481 e. The van der Waals surface area contributed by atoms with Gasteiger partial charge in [0.15, 0.2) is 6.29 Å². The SMILES string of the molecule is N#Cc1cc(C(F)(F)F)c(C=O)cc1CC(=O)O. The van der Waals surface area contributed by atoms with Crippen LogP contribution in [0.2, 0.25) is 0 Å². The van der Waals surface area contributed by atoms with Crippen LogP contribution in [0.15, 0.2) is 12.1 Å². The Morgan fingerprint density at radius 3 is 2.44 bits per heavy atom. The van der Waals surface area contributed by atoms with Gasteiger partial charge in [0.25, 0.3) is 0 Å². The average molecular weight is 257 g/mol. The van der Waals surface area contributed by atoms with Crippen LogP contribution < -0.4 is 0 Å². The molecule has 0 unspecified atom stereocenters. The zero-order chi connectivity index (χ0) is 13.9. The topological polar surface area (TPSA) is 78.2 Å². The van der Waals surface area contributed by atoms with Crippen molar-refractivity contribution in [1.82, 2.24) is 0 Å². The summed E-state index contributed by atoms with van der Waals surface area (Å²) in [6.07, 6.45) is -5.42. The summed E-state index contributed by atoms with van der Waals surface area (Å²) in [6, 6.07) is 2.75. The smallest absolute Gasteiger partial charge is 0.417 e. The van der Waals surface area contributed by atoms with E-state index in [4.69, 9.17) is 10.4 Å². The summed E-state index contributed by atoms with van der Waals surface area (Å²) < 4.78 is 37.7. The highest BCUT2D eigenvalue weighted by molar-refractivity contribution is 5.80. The summed E-state index contributed by atoms with van der Waals surface area (Å²) in [5, 5.41) is 17.2. The van der Waals surface area contributed by atoms with Gasteiger partial charge in [-0.3, -0.25) is 9.59 Å². The van der Waals surface area contributed by atoms with Crippen molar-refractivity contribution in [1.29, 1.82) is 5.26 Å². The molecule has 94 valence electrons. The number of carbonyl (C=O) groups excluding carboxylic acids is 1. The molecule has 4 nitrogen and oxygen atoms in total. The molecule has 0 aliphatic carbocycles. The van der Waals surface area contributed by atoms with Crippen LogP contribution in [0.4, 0.5) is 13.2 Å². The fourth-order valence-electron chi connectivity index (χ4n) is 1.42. The van der Waals surface area contributed by atoms with Crippen molar-refractivity contribution in [2.75, 3.05) is 0 Å². The van der Waals surface area contributed by atoms with Gasteiger partial charge in [-0.15, -0.1) is 0 Å². The number of nitriles is 1. The molecule has 0 fully saturated rings. The van der Waals surface area contributed by atoms with Gasteiger partial charge in [0.05, 0.1) is 23.6 Å². The zero-order valence-corrected chi connectivity index (χ0v) is 8.78. The molecule has 1 aromatic carbocycles. The summed E-state index contributed by atoms with van der Waals surface area (Å²) in [5.74, 6) is -1.30. The number of halogens is 3. The number of aliphatic carboxylic acids is 1. The van der Waals surface area contributed by atoms with E-state index in [1.807, 2.05) is 0 Å². The maximum Gasteiger partial charge on any atom is 0.417 e. The van der Waals surface area contributed by atoms with E-state index in [1.165, 1.54) is 6.07 Å². The van der Waals surface area contributed by atoms with Crippen molar-refractivity contribution in [2.45, 2.75) is 12.6 Å². The Morgan fingerprint density at radius 2 is 2.06 bits per heavy atom. The lowest BCUT2D eigenvalue weighted by molar-refractivity contribution is -0.138. The van der Waals surface area contributed by atoms with E-state index < -0.39 is 35.3 Å². The van der Waals surface area contributed by atoms with Gasteiger partial charge in [-0.1, -0.05) is 0 Å². The van der Waals surface area contributed by atoms with Crippen LogP contribution in [-0.4, -0.2) is 17.4 Å². The molecule has 0 radical (unpaired) electrons. The Kier molecular flexibility index (Phi) is 3.71. The number of aldehydes is 1. The van der Waals surface area contributed by atoms with E-state index >= 15 is 0 Å². The lowest BCUT2D eigenvalue weighted by Crippen LogP contribution is -2.12. The predicted molar refractivity (Wildman–Crippen MR) is 52.9 cm³/mol. The third-order valence-electron chi connectivity index (χ3n) is 2.17. The van der Waals surface area contributed by atoms with Crippen molar-refractivity contribution in [2.24, 2.45) is 0 Å². The standard InChI is InChI=1S/C11H6F3NO3/c12-11(13,14)9-2-7(4-15)6(3-10(17)18)1-8(9)5-16/h1-2,5H,3H2,(H,17,18). The highest BCUT2D eigenvalue weighted by Crippen LogP contribution is 2.33. The first-order valence-electron chi connectivity index (χ1n) is 4.60. The summed E-state index contributed by atoms with van der Waals surface area (Å²) in [6.45, 7) is 0. The molecule has 0 aromatic heterocycles. The Morgan fingerprint density at radius 1 is 1.44 bits per heavy atom. The molecule has 18 heavy (non-hydrogen) atoms. The highest BCUT2D eigenvalue weighted by Gasteiger charge is 2.34. The van der Waals surface area contributed by atoms with Gasteiger partial charge in [-0.25, -0.2) is 0 Å². The lowest BCUT2D eigenvalue weighted by Gasteiger charge is -2.11. The van der Waals surface area contributed by atoms with Gasteiger partial charge in [0.1, 0.15) is 0 Å². The van der Waals surface area contributed by atoms with E-state index in [0.717, 1.165) is 6.07 Å². The zero-order valence-electron chi connectivity index (χ0n) is 8.78. The molecule has 0 spiro atoms. The second kappa shape index (κ2) is 4.87. The molecule has 0 amide bonds. The summed E-state index contributed by atoms with van der Waals surface area (Å²) >= 11 is 0. The summed E-state index contributed by atoms with van der Waals surface area (Å²) in [5.41, 5.74) is -2.46. The third kappa shape index (κ3) is 2.85. The molecule has 0 aliphatic rings. The number of rotatable bonds is 3. The van der Waals surface area contributed by atoms with Crippen molar-refractivity contribution in [3.63, 3.8) is 0 Å². The Labute approximate surface area is 99.3 Å². The molecule has 0 aliphatic heterocycles. The fourth-order valence-corrected chi connectivity index (χ4v) is 1.42. The van der Waals surface area contributed by atoms with E-state index in [-0.39, 0.29) is 11.8 Å². The van der Waals surface area contributed by atoms with Gasteiger partial charge < -0.3 is 5.11 Å².